The number of halogens is 2. The zero-order valence-electron chi connectivity index (χ0n) is 16.2. The number of rotatable bonds is 5. The summed E-state index contributed by atoms with van der Waals surface area (Å²) in [5.74, 6) is 0.982. The van der Waals surface area contributed by atoms with Crippen molar-refractivity contribution in [3.63, 3.8) is 0 Å². The van der Waals surface area contributed by atoms with Gasteiger partial charge in [0.15, 0.2) is 12.4 Å². The smallest absolute Gasteiger partial charge is 0.260 e. The number of nitrogens with zero attached hydrogens (tertiary/aromatic N) is 4. The summed E-state index contributed by atoms with van der Waals surface area (Å²) in [6.07, 6.45) is 0. The Hall–Kier alpha value is -3.19. The molecule has 8 heteroatoms. The molecule has 2 aromatic carbocycles. The second-order valence-electron chi connectivity index (χ2n) is 6.90. The Morgan fingerprint density at radius 3 is 2.43 bits per heavy atom. The third-order valence-corrected chi connectivity index (χ3v) is 5.14. The second kappa shape index (κ2) is 9.09. The van der Waals surface area contributed by atoms with Gasteiger partial charge in [0.2, 0.25) is 0 Å². The van der Waals surface area contributed by atoms with Crippen LogP contribution in [0.2, 0.25) is 5.02 Å². The number of amides is 1. The van der Waals surface area contributed by atoms with Crippen molar-refractivity contribution in [1.29, 1.82) is 0 Å². The summed E-state index contributed by atoms with van der Waals surface area (Å²) in [5, 5.41) is 9.12. The topological polar surface area (TPSA) is 58.6 Å². The molecule has 6 nitrogen and oxygen atoms in total. The maximum absolute atomic E-state index is 13.1. The Balaban J connectivity index is 1.29. The molecule has 0 spiro atoms. The molecular weight excluding hydrogens is 407 g/mol. The van der Waals surface area contributed by atoms with Crippen LogP contribution >= 0.6 is 11.6 Å². The highest BCUT2D eigenvalue weighted by atomic mass is 35.5. The molecule has 0 bridgehead atoms. The second-order valence-corrected chi connectivity index (χ2v) is 7.33. The van der Waals surface area contributed by atoms with Crippen molar-refractivity contribution in [2.24, 2.45) is 0 Å². The molecule has 0 unspecified atom stereocenters. The summed E-state index contributed by atoms with van der Waals surface area (Å²) in [5.41, 5.74) is 1.50. The van der Waals surface area contributed by atoms with Crippen LogP contribution in [0, 0.1) is 5.82 Å². The summed E-state index contributed by atoms with van der Waals surface area (Å²) in [6.45, 7) is 2.46. The summed E-state index contributed by atoms with van der Waals surface area (Å²) in [4.78, 5) is 16.3. The summed E-state index contributed by atoms with van der Waals surface area (Å²) in [6, 6.07) is 16.9. The van der Waals surface area contributed by atoms with Gasteiger partial charge in [-0.25, -0.2) is 4.39 Å². The van der Waals surface area contributed by atoms with Gasteiger partial charge in [-0.05, 0) is 54.6 Å². The average Bonchev–Trinajstić information content (AvgIpc) is 2.78. The van der Waals surface area contributed by atoms with Crippen molar-refractivity contribution in [3.05, 3.63) is 71.5 Å². The molecular formula is C22H20ClFN4O2. The lowest BCUT2D eigenvalue weighted by Crippen LogP contribution is -2.50. The Bertz CT molecular complexity index is 1010. The highest BCUT2D eigenvalue weighted by Gasteiger charge is 2.22. The van der Waals surface area contributed by atoms with E-state index in [1.54, 1.807) is 41.3 Å². The first-order valence-corrected chi connectivity index (χ1v) is 9.97. The third kappa shape index (κ3) is 4.86. The van der Waals surface area contributed by atoms with Crippen molar-refractivity contribution in [1.82, 2.24) is 15.1 Å². The predicted octanol–water partition coefficient (Wildman–Crippen LogP) is 3.66. The molecule has 1 fully saturated rings. The lowest BCUT2D eigenvalue weighted by atomic mass is 10.1. The van der Waals surface area contributed by atoms with Gasteiger partial charge in [-0.2, -0.15) is 0 Å². The number of carbonyl (C=O) groups is 1. The monoisotopic (exact) mass is 426 g/mol. The van der Waals surface area contributed by atoms with Gasteiger partial charge in [0, 0.05) is 36.8 Å². The van der Waals surface area contributed by atoms with Crippen molar-refractivity contribution in [2.45, 2.75) is 0 Å². The summed E-state index contributed by atoms with van der Waals surface area (Å²) in [7, 11) is 0. The Kier molecular flexibility index (Phi) is 6.09. The molecule has 1 saturated heterocycles. The zero-order valence-corrected chi connectivity index (χ0v) is 16.9. The van der Waals surface area contributed by atoms with E-state index in [1.807, 2.05) is 12.1 Å². The number of ether oxygens (including phenoxy) is 1. The van der Waals surface area contributed by atoms with E-state index in [0.29, 0.717) is 42.6 Å². The average molecular weight is 427 g/mol. The van der Waals surface area contributed by atoms with E-state index in [-0.39, 0.29) is 18.3 Å². The molecule has 1 aliphatic rings. The van der Waals surface area contributed by atoms with Crippen LogP contribution in [-0.2, 0) is 4.79 Å². The Morgan fingerprint density at radius 1 is 1.00 bits per heavy atom. The van der Waals surface area contributed by atoms with Crippen LogP contribution in [0.3, 0.4) is 0 Å². The number of piperazine rings is 1. The van der Waals surface area contributed by atoms with Crippen LogP contribution in [0.25, 0.3) is 11.3 Å². The minimum atomic E-state index is -0.284. The van der Waals surface area contributed by atoms with E-state index >= 15 is 0 Å². The lowest BCUT2D eigenvalue weighted by molar-refractivity contribution is -0.133. The molecule has 3 aromatic rings. The van der Waals surface area contributed by atoms with Crippen LogP contribution < -0.4 is 9.64 Å². The standard InChI is InChI=1S/C22H20ClFN4O2/c23-17-2-1-3-19(14-17)30-15-22(29)28-12-10-27(11-13-28)21-9-8-20(25-26-21)16-4-6-18(24)7-5-16/h1-9,14H,10-13,15H2. The molecule has 0 aliphatic carbocycles. The maximum Gasteiger partial charge on any atom is 0.260 e. The van der Waals surface area contributed by atoms with Crippen LogP contribution in [0.15, 0.2) is 60.7 Å². The lowest BCUT2D eigenvalue weighted by Gasteiger charge is -2.35. The molecule has 0 saturated carbocycles. The molecule has 0 radical (unpaired) electrons. The first-order valence-electron chi connectivity index (χ1n) is 9.59. The van der Waals surface area contributed by atoms with Gasteiger partial charge < -0.3 is 14.5 Å². The Labute approximate surface area is 178 Å². The summed E-state index contributed by atoms with van der Waals surface area (Å²) < 4.78 is 18.6. The van der Waals surface area contributed by atoms with E-state index in [1.165, 1.54) is 12.1 Å². The maximum atomic E-state index is 13.1. The number of hydrogen-bond acceptors (Lipinski definition) is 5. The predicted molar refractivity (Wildman–Crippen MR) is 113 cm³/mol. The molecule has 1 amide bonds. The molecule has 1 aliphatic heterocycles. The van der Waals surface area contributed by atoms with Crippen molar-refractivity contribution >= 4 is 23.3 Å². The number of aromatic nitrogens is 2. The van der Waals surface area contributed by atoms with Gasteiger partial charge in [0.1, 0.15) is 11.6 Å². The van der Waals surface area contributed by atoms with E-state index in [2.05, 4.69) is 15.1 Å². The number of benzene rings is 2. The van der Waals surface area contributed by atoms with Crippen LogP contribution in [0.1, 0.15) is 0 Å². The van der Waals surface area contributed by atoms with E-state index < -0.39 is 0 Å². The van der Waals surface area contributed by atoms with E-state index in [0.717, 1.165) is 11.4 Å². The van der Waals surface area contributed by atoms with Crippen molar-refractivity contribution < 1.29 is 13.9 Å². The van der Waals surface area contributed by atoms with Gasteiger partial charge in [-0.15, -0.1) is 10.2 Å². The third-order valence-electron chi connectivity index (χ3n) is 4.91. The van der Waals surface area contributed by atoms with Gasteiger partial charge in [-0.3, -0.25) is 4.79 Å². The number of anilines is 1. The molecule has 4 rings (SSSR count). The van der Waals surface area contributed by atoms with Gasteiger partial charge in [0.05, 0.1) is 5.69 Å². The fraction of sp³-hybridized carbons (Fsp3) is 0.227. The SMILES string of the molecule is O=C(COc1cccc(Cl)c1)N1CCN(c2ccc(-c3ccc(F)cc3)nn2)CC1. The first kappa shape index (κ1) is 20.1. The van der Waals surface area contributed by atoms with Crippen LogP contribution in [0.4, 0.5) is 10.2 Å². The molecule has 30 heavy (non-hydrogen) atoms. The molecule has 2 heterocycles. The molecule has 154 valence electrons. The number of hydrogen-bond donors (Lipinski definition) is 0. The van der Waals surface area contributed by atoms with Gasteiger partial charge >= 0.3 is 0 Å². The fourth-order valence-electron chi connectivity index (χ4n) is 3.25. The van der Waals surface area contributed by atoms with Gasteiger partial charge in [-0.1, -0.05) is 17.7 Å². The normalized spacial score (nSPS) is 13.9. The quantitative estimate of drug-likeness (QED) is 0.623. The van der Waals surface area contributed by atoms with E-state index in [9.17, 15) is 9.18 Å². The van der Waals surface area contributed by atoms with Crippen molar-refractivity contribution in [3.8, 4) is 17.0 Å². The summed E-state index contributed by atoms with van der Waals surface area (Å²) >= 11 is 5.93. The van der Waals surface area contributed by atoms with Crippen LogP contribution in [-0.4, -0.2) is 53.8 Å². The van der Waals surface area contributed by atoms with Crippen molar-refractivity contribution in [2.75, 3.05) is 37.7 Å². The highest BCUT2D eigenvalue weighted by Crippen LogP contribution is 2.20. The molecule has 0 atom stereocenters. The number of carbonyl (C=O) groups excluding carboxylic acids is 1. The molecule has 0 N–H and O–H groups in total. The first-order chi connectivity index (χ1) is 14.6. The van der Waals surface area contributed by atoms with Gasteiger partial charge in [0.25, 0.3) is 5.91 Å². The Morgan fingerprint density at radius 2 is 1.77 bits per heavy atom. The fourth-order valence-corrected chi connectivity index (χ4v) is 3.43. The van der Waals surface area contributed by atoms with Crippen LogP contribution in [0.5, 0.6) is 5.75 Å². The largest absolute Gasteiger partial charge is 0.484 e. The molecule has 1 aromatic heterocycles. The minimum Gasteiger partial charge on any atom is -0.484 e. The highest BCUT2D eigenvalue weighted by molar-refractivity contribution is 6.30. The van der Waals surface area contributed by atoms with E-state index in [4.69, 9.17) is 16.3 Å². The zero-order chi connectivity index (χ0) is 20.9. The minimum absolute atomic E-state index is 0.0213.